The zero-order valence-electron chi connectivity index (χ0n) is 6.53. The number of halogens is 4. The van der Waals surface area contributed by atoms with Crippen LogP contribution in [0.2, 0.25) is 10.0 Å². The molecule has 0 N–H and O–H groups in total. The largest absolute Gasteiger partial charge is 0.207 e. The van der Waals surface area contributed by atoms with Gasteiger partial charge < -0.3 is 0 Å². The number of rotatable bonds is 2. The monoisotopic (exact) mass is 238 g/mol. The molecule has 0 aliphatic rings. The van der Waals surface area contributed by atoms with Crippen molar-refractivity contribution >= 4 is 40.9 Å². The molecule has 0 nitrogen and oxygen atoms in total. The molecule has 13 heavy (non-hydrogen) atoms. The summed E-state index contributed by atoms with van der Waals surface area (Å²) < 4.78 is 12.7. The lowest BCUT2D eigenvalue weighted by Gasteiger charge is -2.01. The first-order valence-electron chi connectivity index (χ1n) is 3.52. The van der Waals surface area contributed by atoms with Crippen LogP contribution in [0.15, 0.2) is 18.2 Å². The van der Waals surface area contributed by atoms with E-state index >= 15 is 0 Å². The Labute approximate surface area is 90.9 Å². The van der Waals surface area contributed by atoms with E-state index in [2.05, 4.69) is 0 Å². The lowest BCUT2D eigenvalue weighted by molar-refractivity contribution is 0.628. The molecule has 0 atom stereocenters. The summed E-state index contributed by atoms with van der Waals surface area (Å²) in [4.78, 5) is 0. The highest BCUT2D eigenvalue weighted by Crippen LogP contribution is 2.27. The molecule has 1 aromatic rings. The van der Waals surface area contributed by atoms with Crippen LogP contribution in [-0.2, 0) is 0 Å². The van der Waals surface area contributed by atoms with Gasteiger partial charge in [0, 0.05) is 11.4 Å². The maximum atomic E-state index is 12.7. The smallest absolute Gasteiger partial charge is 0.126 e. The molecule has 0 radical (unpaired) electrons. The van der Waals surface area contributed by atoms with Gasteiger partial charge >= 0.3 is 0 Å². The first kappa shape index (κ1) is 10.8. The van der Waals surface area contributed by atoms with Crippen LogP contribution in [0.3, 0.4) is 0 Å². The van der Waals surface area contributed by atoms with Crippen molar-refractivity contribution in [1.82, 2.24) is 0 Å². The fraction of sp³-hybridized carbons (Fsp3) is 0.111. The Morgan fingerprint density at radius 3 is 2.23 bits per heavy atom. The number of hydrogen-bond donors (Lipinski definition) is 0. The molecule has 4 heteroatoms. The van der Waals surface area contributed by atoms with Crippen LogP contribution in [0.5, 0.6) is 0 Å². The van der Waals surface area contributed by atoms with E-state index in [4.69, 9.17) is 34.8 Å². The maximum absolute atomic E-state index is 12.7. The van der Waals surface area contributed by atoms with Crippen molar-refractivity contribution in [3.8, 4) is 0 Å². The Morgan fingerprint density at radius 1 is 1.23 bits per heavy atom. The summed E-state index contributed by atoms with van der Waals surface area (Å²) in [7, 11) is 0. The molecule has 0 unspecified atom stereocenters. The average Bonchev–Trinajstić information content (AvgIpc) is 2.02. The van der Waals surface area contributed by atoms with Gasteiger partial charge in [0.1, 0.15) is 5.82 Å². The average molecular weight is 240 g/mol. The normalized spacial score (nSPS) is 11.1. The van der Waals surface area contributed by atoms with Crippen molar-refractivity contribution in [2.75, 3.05) is 5.88 Å². The van der Waals surface area contributed by atoms with Gasteiger partial charge in [0.25, 0.3) is 0 Å². The van der Waals surface area contributed by atoms with Gasteiger partial charge in [-0.05, 0) is 12.1 Å². The van der Waals surface area contributed by atoms with Crippen molar-refractivity contribution in [2.24, 2.45) is 0 Å². The first-order chi connectivity index (χ1) is 6.15. The molecule has 0 saturated heterocycles. The fourth-order valence-corrected chi connectivity index (χ4v) is 1.55. The van der Waals surface area contributed by atoms with Gasteiger partial charge in [0.2, 0.25) is 0 Å². The SMILES string of the molecule is Fc1cc(Cl)c(C=CCCl)c(Cl)c1. The summed E-state index contributed by atoms with van der Waals surface area (Å²) in [6.45, 7) is 0. The van der Waals surface area contributed by atoms with Gasteiger partial charge in [-0.3, -0.25) is 0 Å². The molecule has 0 bridgehead atoms. The summed E-state index contributed by atoms with van der Waals surface area (Å²) in [6, 6.07) is 2.42. The molecule has 1 rings (SSSR count). The van der Waals surface area contributed by atoms with Crippen molar-refractivity contribution in [1.29, 1.82) is 0 Å². The minimum Gasteiger partial charge on any atom is -0.207 e. The summed E-state index contributed by atoms with van der Waals surface area (Å²) in [5, 5.41) is 0.567. The van der Waals surface area contributed by atoms with E-state index in [-0.39, 0.29) is 10.0 Å². The van der Waals surface area contributed by atoms with Crippen LogP contribution in [0.25, 0.3) is 6.08 Å². The number of alkyl halides is 1. The second kappa shape index (κ2) is 4.85. The lowest BCUT2D eigenvalue weighted by Crippen LogP contribution is -1.81. The molecule has 0 saturated carbocycles. The molecule has 0 aliphatic carbocycles. The Kier molecular flexibility index (Phi) is 4.04. The number of allylic oxidation sites excluding steroid dienone is 1. The van der Waals surface area contributed by atoms with Crippen LogP contribution < -0.4 is 0 Å². The van der Waals surface area contributed by atoms with Crippen LogP contribution >= 0.6 is 34.8 Å². The van der Waals surface area contributed by atoms with Gasteiger partial charge in [-0.1, -0.05) is 35.4 Å². The Hall–Kier alpha value is -0.240. The molecular formula is C9H6Cl3F. The third kappa shape index (κ3) is 2.87. The van der Waals surface area contributed by atoms with Crippen LogP contribution in [0.1, 0.15) is 5.56 Å². The molecule has 70 valence electrons. The second-order valence-electron chi connectivity index (χ2n) is 2.34. The fourth-order valence-electron chi connectivity index (χ4n) is 0.875. The topological polar surface area (TPSA) is 0 Å². The quantitative estimate of drug-likeness (QED) is 0.672. The highest BCUT2D eigenvalue weighted by molar-refractivity contribution is 6.37. The minimum absolute atomic E-state index is 0.284. The van der Waals surface area contributed by atoms with E-state index in [0.717, 1.165) is 0 Å². The Balaban J connectivity index is 3.13. The third-order valence-electron chi connectivity index (χ3n) is 1.42. The predicted molar refractivity (Wildman–Crippen MR) is 56.2 cm³/mol. The highest BCUT2D eigenvalue weighted by atomic mass is 35.5. The molecular weight excluding hydrogens is 233 g/mol. The third-order valence-corrected chi connectivity index (χ3v) is 2.22. The van der Waals surface area contributed by atoms with Crippen molar-refractivity contribution < 1.29 is 4.39 Å². The Bertz CT molecular complexity index is 311. The van der Waals surface area contributed by atoms with E-state index in [1.807, 2.05) is 0 Å². The summed E-state index contributed by atoms with van der Waals surface area (Å²) in [5.74, 6) is -0.0812. The predicted octanol–water partition coefficient (Wildman–Crippen LogP) is 4.38. The van der Waals surface area contributed by atoms with E-state index in [9.17, 15) is 4.39 Å². The maximum Gasteiger partial charge on any atom is 0.126 e. The van der Waals surface area contributed by atoms with E-state index in [1.165, 1.54) is 12.1 Å². The summed E-state index contributed by atoms with van der Waals surface area (Å²) >= 11 is 16.9. The Morgan fingerprint density at radius 2 is 1.77 bits per heavy atom. The van der Waals surface area contributed by atoms with Gasteiger partial charge in [-0.25, -0.2) is 4.39 Å². The van der Waals surface area contributed by atoms with Gasteiger partial charge in [0.05, 0.1) is 10.0 Å². The van der Waals surface area contributed by atoms with E-state index in [0.29, 0.717) is 11.4 Å². The molecule has 0 aliphatic heterocycles. The first-order valence-corrected chi connectivity index (χ1v) is 4.81. The lowest BCUT2D eigenvalue weighted by atomic mass is 10.2. The molecule has 0 heterocycles. The van der Waals surface area contributed by atoms with Gasteiger partial charge in [-0.2, -0.15) is 0 Å². The molecule has 0 amide bonds. The number of hydrogen-bond acceptors (Lipinski definition) is 0. The van der Waals surface area contributed by atoms with E-state index < -0.39 is 5.82 Å². The van der Waals surface area contributed by atoms with Crippen LogP contribution in [-0.4, -0.2) is 5.88 Å². The molecule has 0 aromatic heterocycles. The van der Waals surface area contributed by atoms with E-state index in [1.54, 1.807) is 12.2 Å². The summed E-state index contributed by atoms with van der Waals surface area (Å²) in [5.41, 5.74) is 0.588. The minimum atomic E-state index is -0.446. The standard InChI is InChI=1S/C9H6Cl3F/c10-3-1-2-7-8(11)4-6(13)5-9(7)12/h1-2,4-5H,3H2. The van der Waals surface area contributed by atoms with Gasteiger partial charge in [0.15, 0.2) is 0 Å². The zero-order valence-corrected chi connectivity index (χ0v) is 8.80. The van der Waals surface area contributed by atoms with Crippen LogP contribution in [0, 0.1) is 5.82 Å². The van der Waals surface area contributed by atoms with Crippen LogP contribution in [0.4, 0.5) is 4.39 Å². The number of benzene rings is 1. The molecule has 0 fully saturated rings. The summed E-state index contributed by atoms with van der Waals surface area (Å²) in [6.07, 6.45) is 3.35. The van der Waals surface area contributed by atoms with Crippen molar-refractivity contribution in [3.05, 3.63) is 39.6 Å². The zero-order chi connectivity index (χ0) is 9.84. The van der Waals surface area contributed by atoms with Gasteiger partial charge in [-0.15, -0.1) is 11.6 Å². The molecule has 1 aromatic carbocycles. The van der Waals surface area contributed by atoms with Crippen molar-refractivity contribution in [2.45, 2.75) is 0 Å². The van der Waals surface area contributed by atoms with Crippen molar-refractivity contribution in [3.63, 3.8) is 0 Å². The second-order valence-corrected chi connectivity index (χ2v) is 3.46. The highest BCUT2D eigenvalue weighted by Gasteiger charge is 2.04. The molecule has 0 spiro atoms.